The molecule has 0 aliphatic rings. The van der Waals surface area contributed by atoms with E-state index in [0.717, 1.165) is 0 Å². The van der Waals surface area contributed by atoms with Crippen LogP contribution in [0.25, 0.3) is 0 Å². The van der Waals surface area contributed by atoms with Gasteiger partial charge in [0, 0.05) is 0 Å². The molecular formula is C16H30O8. The second-order valence-corrected chi connectivity index (χ2v) is 5.93. The van der Waals surface area contributed by atoms with E-state index in [1.54, 1.807) is 0 Å². The van der Waals surface area contributed by atoms with E-state index in [0.29, 0.717) is 46.2 Å². The summed E-state index contributed by atoms with van der Waals surface area (Å²) in [4.78, 5) is 21.6. The van der Waals surface area contributed by atoms with Gasteiger partial charge in [-0.3, -0.25) is 9.59 Å². The van der Waals surface area contributed by atoms with Crippen molar-refractivity contribution in [3.63, 3.8) is 0 Å². The summed E-state index contributed by atoms with van der Waals surface area (Å²) in [5, 5.41) is 8.40. The highest BCUT2D eigenvalue weighted by molar-refractivity contribution is 5.69. The van der Waals surface area contributed by atoms with Crippen LogP contribution in [0.4, 0.5) is 0 Å². The number of esters is 1. The normalized spacial score (nSPS) is 11.5. The van der Waals surface area contributed by atoms with Crippen LogP contribution in [0.3, 0.4) is 0 Å². The van der Waals surface area contributed by atoms with Crippen LogP contribution < -0.4 is 0 Å². The number of carbonyl (C=O) groups is 2. The van der Waals surface area contributed by atoms with Crippen LogP contribution in [0.1, 0.15) is 33.6 Å². The van der Waals surface area contributed by atoms with Crippen molar-refractivity contribution >= 4 is 11.9 Å². The maximum atomic E-state index is 11.4. The lowest BCUT2D eigenvalue weighted by atomic mass is 10.2. The smallest absolute Gasteiger partial charge is 0.308 e. The van der Waals surface area contributed by atoms with E-state index < -0.39 is 11.6 Å². The van der Waals surface area contributed by atoms with Crippen LogP contribution in [0.15, 0.2) is 0 Å². The van der Waals surface area contributed by atoms with Gasteiger partial charge in [-0.25, -0.2) is 0 Å². The molecule has 0 aromatic heterocycles. The molecule has 0 rings (SSSR count). The van der Waals surface area contributed by atoms with Crippen molar-refractivity contribution in [3.05, 3.63) is 0 Å². The first-order chi connectivity index (χ1) is 11.3. The number of carbonyl (C=O) groups excluding carboxylic acids is 1. The zero-order chi connectivity index (χ0) is 18.3. The number of carboxylic acid groups (broad SMARTS) is 1. The Hall–Kier alpha value is -1.22. The monoisotopic (exact) mass is 350 g/mol. The molecule has 0 aliphatic heterocycles. The molecule has 0 spiro atoms. The second-order valence-electron chi connectivity index (χ2n) is 5.93. The Morgan fingerprint density at radius 1 is 0.708 bits per heavy atom. The van der Waals surface area contributed by atoms with Gasteiger partial charge in [0.15, 0.2) is 0 Å². The number of carboxylic acids is 1. The predicted molar refractivity (Wildman–Crippen MR) is 86.0 cm³/mol. The highest BCUT2D eigenvalue weighted by Crippen LogP contribution is 2.07. The molecule has 24 heavy (non-hydrogen) atoms. The molecule has 0 bridgehead atoms. The molecule has 0 atom stereocenters. The van der Waals surface area contributed by atoms with Crippen molar-refractivity contribution in [2.75, 3.05) is 52.9 Å². The van der Waals surface area contributed by atoms with Crippen molar-refractivity contribution in [3.8, 4) is 0 Å². The van der Waals surface area contributed by atoms with Crippen LogP contribution in [0.5, 0.6) is 0 Å². The van der Waals surface area contributed by atoms with E-state index in [1.165, 1.54) is 0 Å². The van der Waals surface area contributed by atoms with Crippen LogP contribution in [0, 0.1) is 0 Å². The van der Waals surface area contributed by atoms with Gasteiger partial charge in [0.25, 0.3) is 0 Å². The van der Waals surface area contributed by atoms with E-state index in [9.17, 15) is 9.59 Å². The highest BCUT2D eigenvalue weighted by atomic mass is 16.6. The minimum Gasteiger partial charge on any atom is -0.481 e. The molecule has 0 aromatic rings. The summed E-state index contributed by atoms with van der Waals surface area (Å²) < 4.78 is 26.0. The van der Waals surface area contributed by atoms with Crippen molar-refractivity contribution in [1.82, 2.24) is 0 Å². The van der Waals surface area contributed by atoms with E-state index in [-0.39, 0.29) is 25.4 Å². The van der Waals surface area contributed by atoms with Crippen LogP contribution in [-0.4, -0.2) is 75.5 Å². The fraction of sp³-hybridized carbons (Fsp3) is 0.875. The first-order valence-corrected chi connectivity index (χ1v) is 8.06. The van der Waals surface area contributed by atoms with E-state index in [4.69, 9.17) is 28.8 Å². The number of rotatable bonds is 15. The molecule has 0 amide bonds. The van der Waals surface area contributed by atoms with E-state index >= 15 is 0 Å². The Morgan fingerprint density at radius 2 is 1.08 bits per heavy atom. The third kappa shape index (κ3) is 18.8. The molecule has 0 heterocycles. The molecule has 0 saturated heterocycles. The molecule has 142 valence electrons. The SMILES string of the molecule is CC(C)(C)OC(=O)CCOCCOCCOCCOCCC(=O)O. The zero-order valence-electron chi connectivity index (χ0n) is 14.9. The Kier molecular flexibility index (Phi) is 13.4. The number of hydrogen-bond acceptors (Lipinski definition) is 7. The minimum atomic E-state index is -0.877. The summed E-state index contributed by atoms with van der Waals surface area (Å²) in [6.07, 6.45) is 0.222. The quantitative estimate of drug-likeness (QED) is 0.348. The van der Waals surface area contributed by atoms with Gasteiger partial charge in [-0.05, 0) is 20.8 Å². The lowest BCUT2D eigenvalue weighted by molar-refractivity contribution is -0.156. The van der Waals surface area contributed by atoms with Gasteiger partial charge >= 0.3 is 11.9 Å². The van der Waals surface area contributed by atoms with Gasteiger partial charge in [-0.1, -0.05) is 0 Å². The average molecular weight is 350 g/mol. The van der Waals surface area contributed by atoms with Gasteiger partial charge in [-0.2, -0.15) is 0 Å². The van der Waals surface area contributed by atoms with Crippen molar-refractivity contribution in [2.24, 2.45) is 0 Å². The summed E-state index contributed by atoms with van der Waals surface area (Å²) in [7, 11) is 0. The predicted octanol–water partition coefficient (Wildman–Crippen LogP) is 1.26. The van der Waals surface area contributed by atoms with Gasteiger partial charge < -0.3 is 28.8 Å². The maximum Gasteiger partial charge on any atom is 0.308 e. The Balaban J connectivity index is 3.18. The largest absolute Gasteiger partial charge is 0.481 e. The molecular weight excluding hydrogens is 320 g/mol. The molecule has 0 radical (unpaired) electrons. The second kappa shape index (κ2) is 14.2. The molecule has 1 N–H and O–H groups in total. The van der Waals surface area contributed by atoms with Gasteiger partial charge in [-0.15, -0.1) is 0 Å². The minimum absolute atomic E-state index is 0.00294. The van der Waals surface area contributed by atoms with E-state index in [1.807, 2.05) is 20.8 Å². The fourth-order valence-electron chi connectivity index (χ4n) is 1.47. The number of hydrogen-bond donors (Lipinski definition) is 1. The molecule has 0 saturated carbocycles. The van der Waals surface area contributed by atoms with E-state index in [2.05, 4.69) is 0 Å². The van der Waals surface area contributed by atoms with Crippen LogP contribution in [0.2, 0.25) is 0 Å². The highest BCUT2D eigenvalue weighted by Gasteiger charge is 2.15. The number of ether oxygens (including phenoxy) is 5. The third-order valence-electron chi connectivity index (χ3n) is 2.45. The first-order valence-electron chi connectivity index (χ1n) is 8.06. The summed E-state index contributed by atoms with van der Waals surface area (Å²) >= 11 is 0. The Morgan fingerprint density at radius 3 is 1.46 bits per heavy atom. The molecule has 0 aromatic carbocycles. The third-order valence-corrected chi connectivity index (χ3v) is 2.45. The first kappa shape index (κ1) is 22.8. The molecule has 8 heteroatoms. The van der Waals surface area contributed by atoms with Crippen molar-refractivity contribution in [1.29, 1.82) is 0 Å². The summed E-state index contributed by atoms with van der Waals surface area (Å²) in [5.41, 5.74) is -0.471. The van der Waals surface area contributed by atoms with Crippen molar-refractivity contribution < 1.29 is 38.4 Å². The summed E-state index contributed by atoms with van der Waals surface area (Å²) in [6.45, 7) is 8.42. The average Bonchev–Trinajstić information content (AvgIpc) is 2.45. The van der Waals surface area contributed by atoms with Gasteiger partial charge in [0.1, 0.15) is 5.60 Å². The van der Waals surface area contributed by atoms with Gasteiger partial charge in [0.2, 0.25) is 0 Å². The summed E-state index contributed by atoms with van der Waals surface area (Å²) in [5.74, 6) is -1.15. The molecule has 0 fully saturated rings. The van der Waals surface area contributed by atoms with Crippen LogP contribution in [-0.2, 0) is 33.3 Å². The lowest BCUT2D eigenvalue weighted by Crippen LogP contribution is -2.24. The maximum absolute atomic E-state index is 11.4. The zero-order valence-corrected chi connectivity index (χ0v) is 14.9. The van der Waals surface area contributed by atoms with Gasteiger partial charge in [0.05, 0.1) is 65.7 Å². The van der Waals surface area contributed by atoms with Crippen LogP contribution >= 0.6 is 0 Å². The fourth-order valence-corrected chi connectivity index (χ4v) is 1.47. The summed E-state index contributed by atoms with van der Waals surface area (Å²) in [6, 6.07) is 0. The Bertz CT molecular complexity index is 337. The standard InChI is InChI=1S/C16H30O8/c1-16(2,3)24-15(19)5-7-21-9-11-23-13-12-22-10-8-20-6-4-14(17)18/h4-13H2,1-3H3,(H,17,18). The number of aliphatic carboxylic acids is 1. The molecule has 8 nitrogen and oxygen atoms in total. The Labute approximate surface area is 143 Å². The molecule has 0 unspecified atom stereocenters. The lowest BCUT2D eigenvalue weighted by Gasteiger charge is -2.19. The topological polar surface area (TPSA) is 101 Å². The molecule has 0 aliphatic carbocycles. The van der Waals surface area contributed by atoms with Crippen molar-refractivity contribution in [2.45, 2.75) is 39.2 Å².